The van der Waals surface area contributed by atoms with E-state index < -0.39 is 0 Å². The summed E-state index contributed by atoms with van der Waals surface area (Å²) in [6.45, 7) is 4.16. The van der Waals surface area contributed by atoms with Crippen LogP contribution in [-0.2, 0) is 11.2 Å². The molecule has 0 unspecified atom stereocenters. The maximum Gasteiger partial charge on any atom is 0.134 e. The molecule has 2 nitrogen and oxygen atoms in total. The van der Waals surface area contributed by atoms with Crippen molar-refractivity contribution >= 4 is 28.4 Å². The lowest BCUT2D eigenvalue weighted by Gasteiger charge is -2.09. The van der Waals surface area contributed by atoms with Gasteiger partial charge in [0.1, 0.15) is 11.5 Å². The fourth-order valence-electron chi connectivity index (χ4n) is 1.25. The number of ketones is 1. The van der Waals surface area contributed by atoms with Gasteiger partial charge in [0.15, 0.2) is 0 Å². The summed E-state index contributed by atoms with van der Waals surface area (Å²) in [5, 5.41) is 0. The molecule has 0 N–H and O–H groups in total. The number of Topliss-reactive ketones (excluding diaryl/α,β-unsaturated/α-hetero) is 1. The van der Waals surface area contributed by atoms with E-state index in [4.69, 9.17) is 4.74 Å². The predicted molar refractivity (Wildman–Crippen MR) is 64.7 cm³/mol. The number of carbonyl (C=O) groups is 1. The Morgan fingerprint density at radius 3 is 2.79 bits per heavy atom. The summed E-state index contributed by atoms with van der Waals surface area (Å²) in [4.78, 5) is 11.0. The minimum atomic E-state index is 0.160. The number of rotatable bonds is 4. The molecule has 0 bridgehead atoms. The van der Waals surface area contributed by atoms with Crippen LogP contribution in [0.4, 0.5) is 0 Å². The largest absolute Gasteiger partial charge is 0.494 e. The molecular formula is C11H13IO2. The van der Waals surface area contributed by atoms with E-state index in [9.17, 15) is 4.79 Å². The molecule has 0 aliphatic rings. The molecule has 1 aromatic rings. The number of hydrogen-bond acceptors (Lipinski definition) is 2. The van der Waals surface area contributed by atoms with Crippen LogP contribution in [0, 0.1) is 3.57 Å². The molecule has 76 valence electrons. The van der Waals surface area contributed by atoms with Crippen molar-refractivity contribution in [1.29, 1.82) is 0 Å². The van der Waals surface area contributed by atoms with Crippen LogP contribution in [0.25, 0.3) is 0 Å². The van der Waals surface area contributed by atoms with Crippen LogP contribution in [0.2, 0.25) is 0 Å². The van der Waals surface area contributed by atoms with E-state index in [1.165, 1.54) is 0 Å². The predicted octanol–water partition coefficient (Wildman–Crippen LogP) is 2.82. The van der Waals surface area contributed by atoms with Crippen molar-refractivity contribution in [2.24, 2.45) is 0 Å². The summed E-state index contributed by atoms with van der Waals surface area (Å²) in [5.74, 6) is 0.982. The van der Waals surface area contributed by atoms with Gasteiger partial charge in [-0.25, -0.2) is 0 Å². The lowest BCUT2D eigenvalue weighted by atomic mass is 10.1. The van der Waals surface area contributed by atoms with Gasteiger partial charge in [0.25, 0.3) is 0 Å². The van der Waals surface area contributed by atoms with Crippen molar-refractivity contribution in [2.75, 3.05) is 6.61 Å². The topological polar surface area (TPSA) is 26.3 Å². The van der Waals surface area contributed by atoms with Crippen LogP contribution in [0.3, 0.4) is 0 Å². The van der Waals surface area contributed by atoms with Gasteiger partial charge in [0.2, 0.25) is 0 Å². The van der Waals surface area contributed by atoms with E-state index in [-0.39, 0.29) is 5.78 Å². The number of halogens is 1. The first-order chi connectivity index (χ1) is 6.63. The minimum Gasteiger partial charge on any atom is -0.494 e. The maximum atomic E-state index is 11.0. The Labute approximate surface area is 97.8 Å². The van der Waals surface area contributed by atoms with E-state index in [1.807, 2.05) is 25.1 Å². The number of carbonyl (C=O) groups excluding carboxylic acids is 1. The van der Waals surface area contributed by atoms with Gasteiger partial charge in [-0.1, -0.05) is 0 Å². The van der Waals surface area contributed by atoms with Gasteiger partial charge in [0.05, 0.1) is 6.61 Å². The van der Waals surface area contributed by atoms with Crippen molar-refractivity contribution in [3.8, 4) is 5.75 Å². The van der Waals surface area contributed by atoms with E-state index in [1.54, 1.807) is 6.92 Å². The third kappa shape index (κ3) is 3.29. The monoisotopic (exact) mass is 304 g/mol. The zero-order valence-corrected chi connectivity index (χ0v) is 10.5. The molecule has 3 heteroatoms. The third-order valence-electron chi connectivity index (χ3n) is 1.76. The van der Waals surface area contributed by atoms with Crippen molar-refractivity contribution in [2.45, 2.75) is 20.3 Å². The summed E-state index contributed by atoms with van der Waals surface area (Å²) < 4.78 is 6.56. The van der Waals surface area contributed by atoms with Crippen LogP contribution >= 0.6 is 22.6 Å². The average molecular weight is 304 g/mol. The van der Waals surface area contributed by atoms with Crippen LogP contribution in [0.1, 0.15) is 19.4 Å². The van der Waals surface area contributed by atoms with Crippen LogP contribution in [0.15, 0.2) is 18.2 Å². The molecule has 14 heavy (non-hydrogen) atoms. The van der Waals surface area contributed by atoms with E-state index in [0.29, 0.717) is 13.0 Å². The molecule has 0 aromatic heterocycles. The Bertz CT molecular complexity index is 334. The van der Waals surface area contributed by atoms with Crippen molar-refractivity contribution in [1.82, 2.24) is 0 Å². The summed E-state index contributed by atoms with van der Waals surface area (Å²) in [6.07, 6.45) is 0.451. The summed E-state index contributed by atoms with van der Waals surface area (Å²) >= 11 is 2.23. The molecule has 0 aliphatic heterocycles. The van der Waals surface area contributed by atoms with Gasteiger partial charge in [-0.15, -0.1) is 0 Å². The SMILES string of the molecule is CCOc1ccc(I)cc1CC(C)=O. The summed E-state index contributed by atoms with van der Waals surface area (Å²) in [7, 11) is 0. The molecule has 0 saturated heterocycles. The Kier molecular flexibility index (Phi) is 4.38. The normalized spacial score (nSPS) is 9.93. The molecule has 0 aliphatic carbocycles. The van der Waals surface area contributed by atoms with Crippen molar-refractivity contribution in [3.05, 3.63) is 27.3 Å². The molecule has 0 fully saturated rings. The Morgan fingerprint density at radius 2 is 2.21 bits per heavy atom. The zero-order chi connectivity index (χ0) is 10.6. The Hall–Kier alpha value is -0.580. The quantitative estimate of drug-likeness (QED) is 0.800. The summed E-state index contributed by atoms with van der Waals surface area (Å²) in [5.41, 5.74) is 0.978. The van der Waals surface area contributed by atoms with Gasteiger partial charge in [-0.05, 0) is 54.6 Å². The highest BCUT2D eigenvalue weighted by atomic mass is 127. The van der Waals surface area contributed by atoms with Gasteiger partial charge in [0, 0.05) is 15.6 Å². The minimum absolute atomic E-state index is 0.160. The molecular weight excluding hydrogens is 291 g/mol. The number of benzene rings is 1. The molecule has 0 heterocycles. The van der Waals surface area contributed by atoms with E-state index in [2.05, 4.69) is 22.6 Å². The third-order valence-corrected chi connectivity index (χ3v) is 2.43. The van der Waals surface area contributed by atoms with Crippen LogP contribution < -0.4 is 4.74 Å². The second kappa shape index (κ2) is 5.34. The van der Waals surface area contributed by atoms with Crippen LogP contribution in [0.5, 0.6) is 5.75 Å². The highest BCUT2D eigenvalue weighted by Crippen LogP contribution is 2.21. The second-order valence-electron chi connectivity index (χ2n) is 3.06. The highest BCUT2D eigenvalue weighted by molar-refractivity contribution is 14.1. The van der Waals surface area contributed by atoms with E-state index >= 15 is 0 Å². The highest BCUT2D eigenvalue weighted by Gasteiger charge is 2.06. The average Bonchev–Trinajstić information content (AvgIpc) is 2.09. The van der Waals surface area contributed by atoms with Gasteiger partial charge in [-0.2, -0.15) is 0 Å². The standard InChI is InChI=1S/C11H13IO2/c1-3-14-11-5-4-10(12)7-9(11)6-8(2)13/h4-5,7H,3,6H2,1-2H3. The first-order valence-electron chi connectivity index (χ1n) is 4.54. The van der Waals surface area contributed by atoms with Gasteiger partial charge >= 0.3 is 0 Å². The first-order valence-corrected chi connectivity index (χ1v) is 5.62. The van der Waals surface area contributed by atoms with E-state index in [0.717, 1.165) is 14.9 Å². The lowest BCUT2D eigenvalue weighted by molar-refractivity contribution is -0.116. The van der Waals surface area contributed by atoms with Crippen LogP contribution in [-0.4, -0.2) is 12.4 Å². The molecule has 1 rings (SSSR count). The Balaban J connectivity index is 2.96. The number of hydrogen-bond donors (Lipinski definition) is 0. The van der Waals surface area contributed by atoms with Crippen molar-refractivity contribution < 1.29 is 9.53 Å². The Morgan fingerprint density at radius 1 is 1.50 bits per heavy atom. The lowest BCUT2D eigenvalue weighted by Crippen LogP contribution is -2.02. The molecule has 0 saturated carbocycles. The van der Waals surface area contributed by atoms with Crippen molar-refractivity contribution in [3.63, 3.8) is 0 Å². The maximum absolute atomic E-state index is 11.0. The fraction of sp³-hybridized carbons (Fsp3) is 0.364. The molecule has 0 amide bonds. The smallest absolute Gasteiger partial charge is 0.134 e. The molecule has 1 aromatic carbocycles. The zero-order valence-electron chi connectivity index (χ0n) is 8.34. The molecule has 0 atom stereocenters. The molecule has 0 radical (unpaired) electrons. The van der Waals surface area contributed by atoms with Gasteiger partial charge < -0.3 is 4.74 Å². The number of ether oxygens (including phenoxy) is 1. The molecule has 0 spiro atoms. The van der Waals surface area contributed by atoms with Gasteiger partial charge in [-0.3, -0.25) is 4.79 Å². The summed E-state index contributed by atoms with van der Waals surface area (Å²) in [6, 6.07) is 5.89. The fourth-order valence-corrected chi connectivity index (χ4v) is 1.81. The second-order valence-corrected chi connectivity index (χ2v) is 4.31. The first kappa shape index (κ1) is 11.5.